The van der Waals surface area contributed by atoms with Crippen LogP contribution in [0.4, 0.5) is 10.1 Å². The Hall–Kier alpha value is -2.66. The fourth-order valence-corrected chi connectivity index (χ4v) is 2.38. The summed E-state index contributed by atoms with van der Waals surface area (Å²) in [6, 6.07) is 13.1. The number of aromatic nitrogens is 1. The molecular weight excluding hydrogens is 319 g/mol. The van der Waals surface area contributed by atoms with E-state index in [2.05, 4.69) is 10.5 Å². The van der Waals surface area contributed by atoms with Crippen molar-refractivity contribution in [1.29, 1.82) is 0 Å². The fraction of sp³-hybridized carbons (Fsp3) is 0.0588. The van der Waals surface area contributed by atoms with Crippen molar-refractivity contribution in [3.63, 3.8) is 0 Å². The van der Waals surface area contributed by atoms with Gasteiger partial charge in [0.15, 0.2) is 0 Å². The number of benzene rings is 2. The maximum atomic E-state index is 13.8. The van der Waals surface area contributed by atoms with Crippen molar-refractivity contribution in [2.24, 2.45) is 0 Å². The number of nitrogens with zero attached hydrogens (tertiary/aromatic N) is 1. The van der Waals surface area contributed by atoms with Gasteiger partial charge in [-0.3, -0.25) is 4.79 Å². The molecule has 1 heterocycles. The standard InChI is InChI=1S/C17H12ClFN2O2/c1-10-15(16(21-23-10)11-5-3-2-4-6-11)17(22)20-14-9-12(18)7-8-13(14)19/h2-9H,1H3,(H,20,22). The SMILES string of the molecule is Cc1onc(-c2ccccc2)c1C(=O)Nc1cc(Cl)ccc1F. The van der Waals surface area contributed by atoms with E-state index in [1.54, 1.807) is 6.92 Å². The number of anilines is 1. The van der Waals surface area contributed by atoms with Crippen molar-refractivity contribution >= 4 is 23.2 Å². The van der Waals surface area contributed by atoms with Gasteiger partial charge in [0.05, 0.1) is 5.69 Å². The number of hydrogen-bond acceptors (Lipinski definition) is 3. The van der Waals surface area contributed by atoms with Crippen LogP contribution in [0.2, 0.25) is 5.02 Å². The van der Waals surface area contributed by atoms with Crippen LogP contribution in [0, 0.1) is 12.7 Å². The highest BCUT2D eigenvalue weighted by Gasteiger charge is 2.22. The van der Waals surface area contributed by atoms with Crippen molar-refractivity contribution in [2.75, 3.05) is 5.32 Å². The van der Waals surface area contributed by atoms with Gasteiger partial charge in [0, 0.05) is 10.6 Å². The Morgan fingerprint density at radius 1 is 1.22 bits per heavy atom. The summed E-state index contributed by atoms with van der Waals surface area (Å²) in [5.74, 6) is -0.731. The van der Waals surface area contributed by atoms with E-state index in [1.807, 2.05) is 30.3 Å². The topological polar surface area (TPSA) is 55.1 Å². The van der Waals surface area contributed by atoms with Crippen LogP contribution in [-0.4, -0.2) is 11.1 Å². The summed E-state index contributed by atoms with van der Waals surface area (Å²) in [6.45, 7) is 1.63. The summed E-state index contributed by atoms with van der Waals surface area (Å²) < 4.78 is 18.9. The van der Waals surface area contributed by atoms with E-state index in [9.17, 15) is 9.18 Å². The minimum absolute atomic E-state index is 0.00196. The Morgan fingerprint density at radius 2 is 1.96 bits per heavy atom. The van der Waals surface area contributed by atoms with E-state index < -0.39 is 11.7 Å². The van der Waals surface area contributed by atoms with Crippen LogP contribution in [-0.2, 0) is 0 Å². The average Bonchev–Trinajstić information content (AvgIpc) is 2.93. The summed E-state index contributed by atoms with van der Waals surface area (Å²) in [6.07, 6.45) is 0. The van der Waals surface area contributed by atoms with Gasteiger partial charge in [0.2, 0.25) is 0 Å². The summed E-state index contributed by atoms with van der Waals surface area (Å²) in [5, 5.41) is 6.76. The van der Waals surface area contributed by atoms with Crippen molar-refractivity contribution in [2.45, 2.75) is 6.92 Å². The molecule has 2 aromatic carbocycles. The molecule has 0 bridgehead atoms. The molecule has 0 saturated carbocycles. The van der Waals surface area contributed by atoms with E-state index in [4.69, 9.17) is 16.1 Å². The molecule has 23 heavy (non-hydrogen) atoms. The van der Waals surface area contributed by atoms with Gasteiger partial charge >= 0.3 is 0 Å². The van der Waals surface area contributed by atoms with Crippen LogP contribution in [0.3, 0.4) is 0 Å². The molecule has 4 nitrogen and oxygen atoms in total. The van der Waals surface area contributed by atoms with E-state index >= 15 is 0 Å². The monoisotopic (exact) mass is 330 g/mol. The third-order valence-electron chi connectivity index (χ3n) is 3.31. The Balaban J connectivity index is 1.97. The molecule has 0 saturated heterocycles. The van der Waals surface area contributed by atoms with Crippen molar-refractivity contribution in [1.82, 2.24) is 5.16 Å². The second-order valence-corrected chi connectivity index (χ2v) is 5.34. The van der Waals surface area contributed by atoms with E-state index in [0.29, 0.717) is 16.5 Å². The number of amides is 1. The zero-order valence-corrected chi connectivity index (χ0v) is 12.9. The fourth-order valence-electron chi connectivity index (χ4n) is 2.21. The number of aryl methyl sites for hydroxylation is 1. The number of carbonyl (C=O) groups is 1. The molecule has 1 N–H and O–H groups in total. The van der Waals surface area contributed by atoms with Gasteiger partial charge in [0.25, 0.3) is 5.91 Å². The molecule has 0 aliphatic carbocycles. The van der Waals surface area contributed by atoms with Crippen LogP contribution in [0.25, 0.3) is 11.3 Å². The van der Waals surface area contributed by atoms with Crippen LogP contribution in [0.1, 0.15) is 16.1 Å². The number of nitrogens with one attached hydrogen (secondary N) is 1. The van der Waals surface area contributed by atoms with Crippen molar-refractivity contribution in [3.8, 4) is 11.3 Å². The lowest BCUT2D eigenvalue weighted by molar-refractivity contribution is 0.102. The van der Waals surface area contributed by atoms with Gasteiger partial charge in [-0.05, 0) is 25.1 Å². The van der Waals surface area contributed by atoms with Crippen LogP contribution in [0.15, 0.2) is 53.1 Å². The lowest BCUT2D eigenvalue weighted by Gasteiger charge is -2.07. The normalized spacial score (nSPS) is 10.6. The molecule has 0 aliphatic heterocycles. The predicted octanol–water partition coefficient (Wildman–Crippen LogP) is 4.69. The number of carbonyl (C=O) groups excluding carboxylic acids is 1. The van der Waals surface area contributed by atoms with E-state index in [-0.39, 0.29) is 11.3 Å². The molecule has 1 aromatic heterocycles. The largest absolute Gasteiger partial charge is 0.360 e. The molecule has 0 spiro atoms. The minimum Gasteiger partial charge on any atom is -0.360 e. The molecule has 0 unspecified atom stereocenters. The first-order chi connectivity index (χ1) is 11.1. The summed E-state index contributed by atoms with van der Waals surface area (Å²) >= 11 is 5.83. The average molecular weight is 331 g/mol. The van der Waals surface area contributed by atoms with Crippen molar-refractivity contribution < 1.29 is 13.7 Å². The highest BCUT2D eigenvalue weighted by Crippen LogP contribution is 2.27. The lowest BCUT2D eigenvalue weighted by atomic mass is 10.1. The first-order valence-electron chi connectivity index (χ1n) is 6.84. The molecule has 3 aromatic rings. The highest BCUT2D eigenvalue weighted by atomic mass is 35.5. The Labute approximate surface area is 136 Å². The molecule has 0 radical (unpaired) electrons. The molecule has 116 valence electrons. The molecule has 0 aliphatic rings. The zero-order valence-electron chi connectivity index (χ0n) is 12.1. The van der Waals surface area contributed by atoms with Gasteiger partial charge in [0.1, 0.15) is 22.8 Å². The quantitative estimate of drug-likeness (QED) is 0.757. The number of rotatable bonds is 3. The van der Waals surface area contributed by atoms with Crippen LogP contribution >= 0.6 is 11.6 Å². The predicted molar refractivity (Wildman–Crippen MR) is 86.0 cm³/mol. The second kappa shape index (κ2) is 6.22. The van der Waals surface area contributed by atoms with Gasteiger partial charge < -0.3 is 9.84 Å². The third-order valence-corrected chi connectivity index (χ3v) is 3.55. The van der Waals surface area contributed by atoms with Gasteiger partial charge in [-0.1, -0.05) is 47.1 Å². The van der Waals surface area contributed by atoms with Gasteiger partial charge in [-0.15, -0.1) is 0 Å². The zero-order chi connectivity index (χ0) is 16.4. The van der Waals surface area contributed by atoms with Gasteiger partial charge in [-0.25, -0.2) is 4.39 Å². The molecular formula is C17H12ClFN2O2. The Morgan fingerprint density at radius 3 is 2.70 bits per heavy atom. The van der Waals surface area contributed by atoms with Gasteiger partial charge in [-0.2, -0.15) is 0 Å². The van der Waals surface area contributed by atoms with E-state index in [1.165, 1.54) is 18.2 Å². The highest BCUT2D eigenvalue weighted by molar-refractivity contribution is 6.31. The lowest BCUT2D eigenvalue weighted by Crippen LogP contribution is -2.14. The molecule has 1 amide bonds. The first-order valence-corrected chi connectivity index (χ1v) is 7.22. The Kier molecular flexibility index (Phi) is 4.12. The third kappa shape index (κ3) is 3.10. The molecule has 0 atom stereocenters. The summed E-state index contributed by atoms with van der Waals surface area (Å²) in [5.41, 5.74) is 1.40. The first kappa shape index (κ1) is 15.2. The smallest absolute Gasteiger partial charge is 0.261 e. The molecule has 3 rings (SSSR count). The van der Waals surface area contributed by atoms with Crippen molar-refractivity contribution in [3.05, 3.63) is 70.7 Å². The number of hydrogen-bond donors (Lipinski definition) is 1. The second-order valence-electron chi connectivity index (χ2n) is 4.91. The maximum absolute atomic E-state index is 13.8. The minimum atomic E-state index is -0.571. The number of halogens is 2. The van der Waals surface area contributed by atoms with E-state index in [0.717, 1.165) is 5.56 Å². The summed E-state index contributed by atoms with van der Waals surface area (Å²) in [7, 11) is 0. The Bertz CT molecular complexity index is 862. The van der Waals surface area contributed by atoms with Crippen LogP contribution < -0.4 is 5.32 Å². The summed E-state index contributed by atoms with van der Waals surface area (Å²) in [4.78, 5) is 12.5. The van der Waals surface area contributed by atoms with Crippen LogP contribution in [0.5, 0.6) is 0 Å². The molecule has 6 heteroatoms. The maximum Gasteiger partial charge on any atom is 0.261 e. The molecule has 0 fully saturated rings.